The topological polar surface area (TPSA) is 61.4 Å². The van der Waals surface area contributed by atoms with Gasteiger partial charge in [0.2, 0.25) is 0 Å². The fourth-order valence-electron chi connectivity index (χ4n) is 2.49. The van der Waals surface area contributed by atoms with Crippen molar-refractivity contribution in [1.82, 2.24) is 0 Å². The Morgan fingerprint density at radius 2 is 2.00 bits per heavy atom. The number of carboxylic acids is 1. The predicted octanol–water partition coefficient (Wildman–Crippen LogP) is 2.72. The average Bonchev–Trinajstić information content (AvgIpc) is 2.91. The molecule has 1 unspecified atom stereocenters. The van der Waals surface area contributed by atoms with Gasteiger partial charge >= 0.3 is 5.97 Å². The van der Waals surface area contributed by atoms with Crippen LogP contribution in [0.25, 0.3) is 0 Å². The van der Waals surface area contributed by atoms with Crippen LogP contribution in [0.15, 0.2) is 48.5 Å². The van der Waals surface area contributed by atoms with E-state index in [0.29, 0.717) is 6.42 Å². The largest absolute Gasteiger partial charge is 0.480 e. The van der Waals surface area contributed by atoms with E-state index >= 15 is 0 Å². The van der Waals surface area contributed by atoms with E-state index in [0.717, 1.165) is 23.5 Å². The van der Waals surface area contributed by atoms with E-state index in [-0.39, 0.29) is 0 Å². The molecule has 4 heteroatoms. The van der Waals surface area contributed by atoms with E-state index in [9.17, 15) is 4.79 Å². The molecule has 3 N–H and O–H groups in total. The Morgan fingerprint density at radius 1 is 1.20 bits per heavy atom. The highest BCUT2D eigenvalue weighted by Crippen LogP contribution is 2.32. The molecule has 0 radical (unpaired) electrons. The lowest BCUT2D eigenvalue weighted by Crippen LogP contribution is -2.26. The Labute approximate surface area is 117 Å². The summed E-state index contributed by atoms with van der Waals surface area (Å²) in [7, 11) is 0. The molecule has 0 aromatic heterocycles. The number of fused-ring (bicyclic) bond motifs is 1. The van der Waals surface area contributed by atoms with Gasteiger partial charge in [0, 0.05) is 29.9 Å². The molecule has 0 bridgehead atoms. The maximum atomic E-state index is 11.1. The molecule has 0 saturated carbocycles. The third kappa shape index (κ3) is 2.45. The highest BCUT2D eigenvalue weighted by molar-refractivity contribution is 5.83. The van der Waals surface area contributed by atoms with Crippen molar-refractivity contribution in [2.24, 2.45) is 0 Å². The molecule has 1 heterocycles. The molecule has 3 rings (SSSR count). The Morgan fingerprint density at radius 3 is 2.75 bits per heavy atom. The van der Waals surface area contributed by atoms with Crippen molar-refractivity contribution in [2.45, 2.75) is 19.0 Å². The van der Waals surface area contributed by atoms with Crippen LogP contribution in [0.1, 0.15) is 11.1 Å². The number of nitrogens with one attached hydrogen (secondary N) is 2. The van der Waals surface area contributed by atoms with Crippen LogP contribution in [0, 0.1) is 0 Å². The SMILES string of the molecule is O=C(O)C1Cc2c(NCc3ccccc3)cccc2N1. The molecule has 4 nitrogen and oxygen atoms in total. The average molecular weight is 268 g/mol. The van der Waals surface area contributed by atoms with Crippen molar-refractivity contribution in [3.63, 3.8) is 0 Å². The summed E-state index contributed by atoms with van der Waals surface area (Å²) >= 11 is 0. The monoisotopic (exact) mass is 268 g/mol. The highest BCUT2D eigenvalue weighted by Gasteiger charge is 2.27. The molecule has 1 aliphatic rings. The molecule has 1 atom stereocenters. The number of rotatable bonds is 4. The summed E-state index contributed by atoms with van der Waals surface area (Å²) in [5.74, 6) is -0.810. The van der Waals surface area contributed by atoms with E-state index in [2.05, 4.69) is 22.8 Å². The third-order valence-corrected chi connectivity index (χ3v) is 3.54. The zero-order valence-electron chi connectivity index (χ0n) is 11.0. The highest BCUT2D eigenvalue weighted by atomic mass is 16.4. The van der Waals surface area contributed by atoms with Gasteiger partial charge in [0.15, 0.2) is 0 Å². The molecular formula is C16H16N2O2. The fraction of sp³-hybridized carbons (Fsp3) is 0.188. The maximum absolute atomic E-state index is 11.1. The van der Waals surface area contributed by atoms with Gasteiger partial charge in [-0.05, 0) is 17.7 Å². The number of hydrogen-bond acceptors (Lipinski definition) is 3. The van der Waals surface area contributed by atoms with Crippen molar-refractivity contribution in [2.75, 3.05) is 10.6 Å². The van der Waals surface area contributed by atoms with E-state index in [4.69, 9.17) is 5.11 Å². The van der Waals surface area contributed by atoms with Crippen molar-refractivity contribution in [1.29, 1.82) is 0 Å². The molecule has 0 spiro atoms. The van der Waals surface area contributed by atoms with Gasteiger partial charge in [-0.15, -0.1) is 0 Å². The van der Waals surface area contributed by atoms with Crippen LogP contribution < -0.4 is 10.6 Å². The summed E-state index contributed by atoms with van der Waals surface area (Å²) < 4.78 is 0. The zero-order valence-corrected chi connectivity index (χ0v) is 11.0. The number of hydrogen-bond donors (Lipinski definition) is 3. The molecule has 1 aliphatic heterocycles. The smallest absolute Gasteiger partial charge is 0.326 e. The summed E-state index contributed by atoms with van der Waals surface area (Å²) in [5.41, 5.74) is 4.17. The predicted molar refractivity (Wildman–Crippen MR) is 79.0 cm³/mol. The van der Waals surface area contributed by atoms with Gasteiger partial charge in [-0.1, -0.05) is 36.4 Å². The molecule has 0 amide bonds. The number of anilines is 2. The first-order chi connectivity index (χ1) is 9.74. The number of benzene rings is 2. The Hall–Kier alpha value is -2.49. The van der Waals surface area contributed by atoms with Gasteiger partial charge in [-0.25, -0.2) is 4.79 Å². The lowest BCUT2D eigenvalue weighted by molar-refractivity contribution is -0.137. The Kier molecular flexibility index (Phi) is 3.29. The van der Waals surface area contributed by atoms with Gasteiger partial charge in [0.25, 0.3) is 0 Å². The van der Waals surface area contributed by atoms with Crippen LogP contribution >= 0.6 is 0 Å². The second-order valence-corrected chi connectivity index (χ2v) is 4.91. The van der Waals surface area contributed by atoms with Gasteiger partial charge in [0.1, 0.15) is 6.04 Å². The minimum Gasteiger partial charge on any atom is -0.480 e. The lowest BCUT2D eigenvalue weighted by atomic mass is 10.1. The third-order valence-electron chi connectivity index (χ3n) is 3.54. The second kappa shape index (κ2) is 5.25. The van der Waals surface area contributed by atoms with E-state index in [1.807, 2.05) is 36.4 Å². The quantitative estimate of drug-likeness (QED) is 0.798. The van der Waals surface area contributed by atoms with Gasteiger partial charge < -0.3 is 15.7 Å². The molecule has 2 aromatic rings. The first kappa shape index (κ1) is 12.5. The van der Waals surface area contributed by atoms with Crippen molar-refractivity contribution in [3.8, 4) is 0 Å². The summed E-state index contributed by atoms with van der Waals surface area (Å²) in [6.07, 6.45) is 0.516. The zero-order chi connectivity index (χ0) is 13.9. The summed E-state index contributed by atoms with van der Waals surface area (Å²) in [6.45, 7) is 0.731. The van der Waals surface area contributed by atoms with E-state index < -0.39 is 12.0 Å². The van der Waals surface area contributed by atoms with Gasteiger partial charge in [-0.3, -0.25) is 0 Å². The first-order valence-electron chi connectivity index (χ1n) is 6.63. The first-order valence-corrected chi connectivity index (χ1v) is 6.63. The van der Waals surface area contributed by atoms with E-state index in [1.54, 1.807) is 0 Å². The van der Waals surface area contributed by atoms with Crippen LogP contribution in [0.2, 0.25) is 0 Å². The van der Waals surface area contributed by atoms with Crippen LogP contribution in [-0.2, 0) is 17.8 Å². The normalized spacial score (nSPS) is 16.3. The fourth-order valence-corrected chi connectivity index (χ4v) is 2.49. The van der Waals surface area contributed by atoms with Gasteiger partial charge in [0.05, 0.1) is 0 Å². The molecule has 2 aromatic carbocycles. The molecule has 0 saturated heterocycles. The van der Waals surface area contributed by atoms with Gasteiger partial charge in [-0.2, -0.15) is 0 Å². The summed E-state index contributed by atoms with van der Waals surface area (Å²) in [4.78, 5) is 11.1. The Balaban J connectivity index is 1.76. The molecule has 102 valence electrons. The van der Waals surface area contributed by atoms with Crippen LogP contribution in [0.4, 0.5) is 11.4 Å². The second-order valence-electron chi connectivity index (χ2n) is 4.91. The van der Waals surface area contributed by atoms with Crippen LogP contribution in [-0.4, -0.2) is 17.1 Å². The minimum absolute atomic E-state index is 0.516. The van der Waals surface area contributed by atoms with Crippen molar-refractivity contribution in [3.05, 3.63) is 59.7 Å². The molecular weight excluding hydrogens is 252 g/mol. The number of carbonyl (C=O) groups is 1. The van der Waals surface area contributed by atoms with Crippen molar-refractivity contribution >= 4 is 17.3 Å². The lowest BCUT2D eigenvalue weighted by Gasteiger charge is -2.10. The Bertz CT molecular complexity index is 626. The van der Waals surface area contributed by atoms with Crippen molar-refractivity contribution < 1.29 is 9.90 Å². The summed E-state index contributed by atoms with van der Waals surface area (Å²) in [6, 6.07) is 15.5. The molecule has 20 heavy (non-hydrogen) atoms. The molecule has 0 aliphatic carbocycles. The van der Waals surface area contributed by atoms with Crippen LogP contribution in [0.3, 0.4) is 0 Å². The minimum atomic E-state index is -0.810. The standard InChI is InChI=1S/C16H16N2O2/c19-16(20)15-9-12-13(7-4-8-14(12)18-15)17-10-11-5-2-1-3-6-11/h1-8,15,17-18H,9-10H2,(H,19,20). The maximum Gasteiger partial charge on any atom is 0.326 e. The van der Waals surface area contributed by atoms with Crippen LogP contribution in [0.5, 0.6) is 0 Å². The van der Waals surface area contributed by atoms with E-state index in [1.165, 1.54) is 5.56 Å². The summed E-state index contributed by atoms with van der Waals surface area (Å²) in [5, 5.41) is 15.5. The number of carboxylic acid groups (broad SMARTS) is 1. The molecule has 0 fully saturated rings. The number of aliphatic carboxylic acids is 1.